The first-order chi connectivity index (χ1) is 9.89. The molecule has 1 fully saturated rings. The van der Waals surface area contributed by atoms with Gasteiger partial charge in [-0.25, -0.2) is 0 Å². The van der Waals surface area contributed by atoms with E-state index >= 15 is 0 Å². The Hall–Kier alpha value is -1.55. The fourth-order valence-electron chi connectivity index (χ4n) is 2.86. The highest BCUT2D eigenvalue weighted by molar-refractivity contribution is 5.93. The van der Waals surface area contributed by atoms with Crippen molar-refractivity contribution < 1.29 is 9.53 Å². The highest BCUT2D eigenvalue weighted by Gasteiger charge is 2.31. The maximum Gasteiger partial charge on any atom is 0.227 e. The molecule has 4 nitrogen and oxygen atoms in total. The summed E-state index contributed by atoms with van der Waals surface area (Å²) in [4.78, 5) is 12.3. The predicted octanol–water partition coefficient (Wildman–Crippen LogP) is 3.18. The van der Waals surface area contributed by atoms with E-state index in [9.17, 15) is 4.79 Å². The van der Waals surface area contributed by atoms with Gasteiger partial charge in [-0.1, -0.05) is 6.42 Å². The number of amides is 1. The van der Waals surface area contributed by atoms with Gasteiger partial charge in [0.25, 0.3) is 0 Å². The van der Waals surface area contributed by atoms with Crippen LogP contribution in [0.1, 0.15) is 40.0 Å². The molecule has 2 rings (SSSR count). The lowest BCUT2D eigenvalue weighted by Crippen LogP contribution is -2.29. The Morgan fingerprint density at radius 3 is 2.52 bits per heavy atom. The van der Waals surface area contributed by atoms with Crippen LogP contribution in [0.2, 0.25) is 0 Å². The summed E-state index contributed by atoms with van der Waals surface area (Å²) in [5.74, 6) is 1.28. The second-order valence-corrected chi connectivity index (χ2v) is 6.76. The fourth-order valence-corrected chi connectivity index (χ4v) is 2.86. The highest BCUT2D eigenvalue weighted by Crippen LogP contribution is 2.32. The number of hydrogen-bond acceptors (Lipinski definition) is 3. The van der Waals surface area contributed by atoms with Crippen LogP contribution in [-0.4, -0.2) is 18.1 Å². The Labute approximate surface area is 127 Å². The van der Waals surface area contributed by atoms with Crippen LogP contribution in [0.3, 0.4) is 0 Å². The van der Waals surface area contributed by atoms with Crippen LogP contribution >= 0.6 is 0 Å². The Morgan fingerprint density at radius 1 is 1.29 bits per heavy atom. The van der Waals surface area contributed by atoms with Crippen LogP contribution in [0.25, 0.3) is 0 Å². The van der Waals surface area contributed by atoms with Crippen molar-refractivity contribution in [2.24, 2.45) is 17.6 Å². The van der Waals surface area contributed by atoms with Crippen LogP contribution in [0.5, 0.6) is 5.75 Å². The van der Waals surface area contributed by atoms with Crippen molar-refractivity contribution in [2.45, 2.75) is 45.6 Å². The minimum absolute atomic E-state index is 0.0560. The van der Waals surface area contributed by atoms with Gasteiger partial charge in [0.1, 0.15) is 11.4 Å². The van der Waals surface area contributed by atoms with E-state index in [2.05, 4.69) is 5.32 Å². The normalized spacial score (nSPS) is 22.1. The number of hydrogen-bond donors (Lipinski definition) is 2. The lowest BCUT2D eigenvalue weighted by molar-refractivity contribution is -0.120. The topological polar surface area (TPSA) is 64.3 Å². The van der Waals surface area contributed by atoms with Gasteiger partial charge in [0, 0.05) is 11.6 Å². The molecule has 0 heterocycles. The minimum atomic E-state index is -0.219. The van der Waals surface area contributed by atoms with Crippen molar-refractivity contribution in [3.63, 3.8) is 0 Å². The first kappa shape index (κ1) is 15.8. The van der Waals surface area contributed by atoms with Crippen LogP contribution in [0.4, 0.5) is 5.69 Å². The summed E-state index contributed by atoms with van der Waals surface area (Å²) in [5, 5.41) is 2.99. The Morgan fingerprint density at radius 2 is 1.95 bits per heavy atom. The monoisotopic (exact) mass is 290 g/mol. The largest absolute Gasteiger partial charge is 0.488 e. The molecule has 4 heteroatoms. The van der Waals surface area contributed by atoms with E-state index < -0.39 is 0 Å². The van der Waals surface area contributed by atoms with Gasteiger partial charge in [-0.3, -0.25) is 4.79 Å². The molecule has 0 aliphatic heterocycles. The lowest BCUT2D eigenvalue weighted by Gasteiger charge is -2.21. The molecule has 116 valence electrons. The second kappa shape index (κ2) is 6.48. The van der Waals surface area contributed by atoms with Gasteiger partial charge in [0.2, 0.25) is 5.91 Å². The summed E-state index contributed by atoms with van der Waals surface area (Å²) in [6, 6.07) is 7.53. The van der Waals surface area contributed by atoms with Gasteiger partial charge in [-0.05, 0) is 70.3 Å². The number of ether oxygens (including phenoxy) is 1. The van der Waals surface area contributed by atoms with Crippen LogP contribution in [0, 0.1) is 11.8 Å². The number of anilines is 1. The molecule has 1 aliphatic carbocycles. The smallest absolute Gasteiger partial charge is 0.227 e. The summed E-state index contributed by atoms with van der Waals surface area (Å²) in [7, 11) is 0. The van der Waals surface area contributed by atoms with E-state index in [1.807, 2.05) is 45.0 Å². The van der Waals surface area contributed by atoms with Crippen LogP contribution in [0.15, 0.2) is 24.3 Å². The zero-order chi connectivity index (χ0) is 15.5. The van der Waals surface area contributed by atoms with Crippen molar-refractivity contribution >= 4 is 11.6 Å². The molecule has 0 spiro atoms. The van der Waals surface area contributed by atoms with Crippen molar-refractivity contribution in [1.29, 1.82) is 0 Å². The van der Waals surface area contributed by atoms with Crippen molar-refractivity contribution in [3.05, 3.63) is 24.3 Å². The van der Waals surface area contributed by atoms with Crippen LogP contribution < -0.4 is 15.8 Å². The third kappa shape index (κ3) is 4.46. The van der Waals surface area contributed by atoms with Gasteiger partial charge >= 0.3 is 0 Å². The molecule has 1 aromatic carbocycles. The van der Waals surface area contributed by atoms with E-state index in [0.29, 0.717) is 12.5 Å². The Balaban J connectivity index is 1.95. The summed E-state index contributed by atoms with van der Waals surface area (Å²) in [5.41, 5.74) is 6.33. The highest BCUT2D eigenvalue weighted by atomic mass is 16.5. The number of benzene rings is 1. The fraction of sp³-hybridized carbons (Fsp3) is 0.588. The van der Waals surface area contributed by atoms with E-state index in [4.69, 9.17) is 10.5 Å². The molecule has 21 heavy (non-hydrogen) atoms. The quantitative estimate of drug-likeness (QED) is 0.895. The molecule has 0 radical (unpaired) electrons. The third-order valence-corrected chi connectivity index (χ3v) is 3.84. The van der Waals surface area contributed by atoms with Crippen molar-refractivity contribution in [2.75, 3.05) is 11.9 Å². The minimum Gasteiger partial charge on any atom is -0.488 e. The van der Waals surface area contributed by atoms with E-state index in [-0.39, 0.29) is 17.4 Å². The molecule has 0 unspecified atom stereocenters. The second-order valence-electron chi connectivity index (χ2n) is 6.76. The molecule has 3 N–H and O–H groups in total. The Kier molecular flexibility index (Phi) is 4.88. The molecule has 1 saturated carbocycles. The molecule has 0 aromatic heterocycles. The van der Waals surface area contributed by atoms with Crippen molar-refractivity contribution in [3.8, 4) is 5.75 Å². The SMILES string of the molecule is CC(C)(C)Oc1ccc(NC(=O)[C@@H]2CCC[C@@H]2CN)cc1. The van der Waals surface area contributed by atoms with E-state index in [1.54, 1.807) is 0 Å². The molecule has 1 aromatic rings. The maximum atomic E-state index is 12.3. The summed E-state index contributed by atoms with van der Waals surface area (Å²) >= 11 is 0. The van der Waals surface area contributed by atoms with Crippen molar-refractivity contribution in [1.82, 2.24) is 0 Å². The molecule has 0 bridgehead atoms. The standard InChI is InChI=1S/C17H26N2O2/c1-17(2,3)21-14-9-7-13(8-10-14)19-16(20)15-6-4-5-12(15)11-18/h7-10,12,15H,4-6,11,18H2,1-3H3,(H,19,20)/t12-,15-/m1/s1. The van der Waals surface area contributed by atoms with Gasteiger partial charge < -0.3 is 15.8 Å². The summed E-state index contributed by atoms with van der Waals surface area (Å²) in [6.07, 6.45) is 3.10. The van der Waals surface area contributed by atoms with Crippen LogP contribution in [-0.2, 0) is 4.79 Å². The average Bonchev–Trinajstić information content (AvgIpc) is 2.87. The lowest BCUT2D eigenvalue weighted by atomic mass is 9.95. The average molecular weight is 290 g/mol. The zero-order valence-electron chi connectivity index (χ0n) is 13.2. The molecule has 1 amide bonds. The number of carbonyl (C=O) groups is 1. The molecular formula is C17H26N2O2. The first-order valence-corrected chi connectivity index (χ1v) is 7.69. The number of nitrogens with one attached hydrogen (secondary N) is 1. The molecule has 2 atom stereocenters. The van der Waals surface area contributed by atoms with E-state index in [0.717, 1.165) is 30.7 Å². The Bertz CT molecular complexity index is 477. The maximum absolute atomic E-state index is 12.3. The van der Waals surface area contributed by atoms with Gasteiger partial charge in [-0.2, -0.15) is 0 Å². The predicted molar refractivity (Wildman–Crippen MR) is 85.3 cm³/mol. The number of rotatable bonds is 4. The number of carbonyl (C=O) groups excluding carboxylic acids is 1. The molecular weight excluding hydrogens is 264 g/mol. The summed E-state index contributed by atoms with van der Waals surface area (Å²) in [6.45, 7) is 6.62. The third-order valence-electron chi connectivity index (χ3n) is 3.84. The van der Waals surface area contributed by atoms with Gasteiger partial charge in [0.15, 0.2) is 0 Å². The first-order valence-electron chi connectivity index (χ1n) is 7.69. The van der Waals surface area contributed by atoms with E-state index in [1.165, 1.54) is 0 Å². The molecule has 1 aliphatic rings. The molecule has 0 saturated heterocycles. The van der Waals surface area contributed by atoms with Gasteiger partial charge in [0.05, 0.1) is 0 Å². The van der Waals surface area contributed by atoms with Gasteiger partial charge in [-0.15, -0.1) is 0 Å². The summed E-state index contributed by atoms with van der Waals surface area (Å²) < 4.78 is 5.77. The number of nitrogens with two attached hydrogens (primary N) is 1. The zero-order valence-corrected chi connectivity index (χ0v) is 13.2.